The largest absolute Gasteiger partial charge is 0.335 e. The number of hydrogen-bond donors (Lipinski definition) is 3. The van der Waals surface area contributed by atoms with E-state index in [0.29, 0.717) is 11.5 Å². The Kier molecular flexibility index (Phi) is 4.36. The highest BCUT2D eigenvalue weighted by Crippen LogP contribution is 2.32. The third-order valence-electron chi connectivity index (χ3n) is 5.97. The fourth-order valence-corrected chi connectivity index (χ4v) is 4.43. The van der Waals surface area contributed by atoms with Gasteiger partial charge in [0.25, 0.3) is 0 Å². The van der Waals surface area contributed by atoms with E-state index in [1.807, 2.05) is 19.1 Å². The zero-order chi connectivity index (χ0) is 21.7. The second-order valence-corrected chi connectivity index (χ2v) is 8.18. The van der Waals surface area contributed by atoms with Crippen LogP contribution in [0.25, 0.3) is 50.3 Å². The van der Waals surface area contributed by atoms with E-state index in [9.17, 15) is 4.39 Å². The van der Waals surface area contributed by atoms with Gasteiger partial charge in [0.15, 0.2) is 11.5 Å². The molecule has 0 atom stereocenters. The first-order chi connectivity index (χ1) is 15.7. The lowest BCUT2D eigenvalue weighted by atomic mass is 9.98. The second kappa shape index (κ2) is 7.39. The van der Waals surface area contributed by atoms with E-state index in [-0.39, 0.29) is 5.82 Å². The van der Waals surface area contributed by atoms with E-state index in [0.717, 1.165) is 58.3 Å². The zero-order valence-corrected chi connectivity index (χ0v) is 17.5. The Balaban J connectivity index is 1.49. The molecule has 1 aliphatic rings. The standard InChI is InChI=1S/C25H21FN6/c1-14-10-17(12-18(26)11-14)19-6-9-28-24-22(19)29-25(30-24)23-20-13-16(2-3-21(20)31-32-23)15-4-7-27-8-5-15/h2-4,6,9-13,27H,5,7-8H2,1H3,(H,31,32)(H,28,29,30). The van der Waals surface area contributed by atoms with Gasteiger partial charge >= 0.3 is 0 Å². The van der Waals surface area contributed by atoms with E-state index < -0.39 is 0 Å². The number of benzene rings is 2. The summed E-state index contributed by atoms with van der Waals surface area (Å²) in [5.41, 5.74) is 8.09. The number of imidazole rings is 1. The van der Waals surface area contributed by atoms with Gasteiger partial charge in [0.1, 0.15) is 11.5 Å². The quantitative estimate of drug-likeness (QED) is 0.381. The number of nitrogens with one attached hydrogen (secondary N) is 3. The van der Waals surface area contributed by atoms with Gasteiger partial charge in [-0.25, -0.2) is 14.4 Å². The summed E-state index contributed by atoms with van der Waals surface area (Å²) in [5.74, 6) is 0.374. The molecule has 4 heterocycles. The summed E-state index contributed by atoms with van der Waals surface area (Å²) in [6.45, 7) is 3.76. The summed E-state index contributed by atoms with van der Waals surface area (Å²) < 4.78 is 14.0. The van der Waals surface area contributed by atoms with Crippen LogP contribution in [0, 0.1) is 12.7 Å². The predicted molar refractivity (Wildman–Crippen MR) is 125 cm³/mol. The normalized spacial score (nSPS) is 14.2. The van der Waals surface area contributed by atoms with E-state index in [1.54, 1.807) is 6.20 Å². The molecule has 3 N–H and O–H groups in total. The average Bonchev–Trinajstić information content (AvgIpc) is 3.42. The van der Waals surface area contributed by atoms with Crippen LogP contribution in [0.15, 0.2) is 54.7 Å². The van der Waals surface area contributed by atoms with Crippen LogP contribution < -0.4 is 5.32 Å². The van der Waals surface area contributed by atoms with Crippen LogP contribution in [0.3, 0.4) is 0 Å². The Morgan fingerprint density at radius 3 is 2.81 bits per heavy atom. The third kappa shape index (κ3) is 3.18. The van der Waals surface area contributed by atoms with Crippen LogP contribution in [0.2, 0.25) is 0 Å². The number of nitrogens with zero attached hydrogens (tertiary/aromatic N) is 3. The van der Waals surface area contributed by atoms with E-state index in [1.165, 1.54) is 23.3 Å². The van der Waals surface area contributed by atoms with E-state index >= 15 is 0 Å². The molecule has 0 amide bonds. The molecular formula is C25H21FN6. The minimum absolute atomic E-state index is 0.261. The maximum Gasteiger partial charge on any atom is 0.178 e. The van der Waals surface area contributed by atoms with Gasteiger partial charge in [0.05, 0.1) is 11.0 Å². The minimum atomic E-state index is -0.261. The first kappa shape index (κ1) is 18.9. The number of halogens is 1. The first-order valence-corrected chi connectivity index (χ1v) is 10.7. The molecule has 0 spiro atoms. The van der Waals surface area contributed by atoms with Crippen molar-refractivity contribution in [3.8, 4) is 22.6 Å². The van der Waals surface area contributed by atoms with Crippen LogP contribution in [-0.4, -0.2) is 38.2 Å². The van der Waals surface area contributed by atoms with Gasteiger partial charge in [-0.3, -0.25) is 5.10 Å². The molecule has 0 aliphatic carbocycles. The summed E-state index contributed by atoms with van der Waals surface area (Å²) in [7, 11) is 0. The number of aromatic nitrogens is 5. The Hall–Kier alpha value is -3.84. The van der Waals surface area contributed by atoms with Crippen LogP contribution in [0.5, 0.6) is 0 Å². The van der Waals surface area contributed by atoms with E-state index in [4.69, 9.17) is 4.98 Å². The van der Waals surface area contributed by atoms with Crippen molar-refractivity contribution < 1.29 is 4.39 Å². The SMILES string of the molecule is Cc1cc(F)cc(-c2ccnc3nc(-c4n[nH]c5ccc(C6=CCNCC6)cc45)[nH]c23)c1. The van der Waals surface area contributed by atoms with E-state index in [2.05, 4.69) is 49.8 Å². The summed E-state index contributed by atoms with van der Waals surface area (Å²) in [5, 5.41) is 12.0. The number of aromatic amines is 2. The number of rotatable bonds is 3. The highest BCUT2D eigenvalue weighted by Gasteiger charge is 2.17. The Morgan fingerprint density at radius 1 is 1.03 bits per heavy atom. The topological polar surface area (TPSA) is 82.3 Å². The van der Waals surface area contributed by atoms with Crippen molar-refractivity contribution in [2.24, 2.45) is 0 Å². The fraction of sp³-hybridized carbons (Fsp3) is 0.160. The van der Waals surface area contributed by atoms with Gasteiger partial charge < -0.3 is 10.3 Å². The molecule has 0 saturated heterocycles. The number of fused-ring (bicyclic) bond motifs is 2. The second-order valence-electron chi connectivity index (χ2n) is 8.18. The Bertz CT molecular complexity index is 1490. The molecule has 5 aromatic rings. The number of pyridine rings is 1. The molecule has 2 aromatic carbocycles. The lowest BCUT2D eigenvalue weighted by molar-refractivity contribution is 0.627. The molecule has 0 fully saturated rings. The highest BCUT2D eigenvalue weighted by molar-refractivity contribution is 5.97. The molecule has 7 heteroatoms. The van der Waals surface area contributed by atoms with Crippen LogP contribution >= 0.6 is 0 Å². The van der Waals surface area contributed by atoms with Gasteiger partial charge in [-0.1, -0.05) is 18.2 Å². The maximum atomic E-state index is 14.0. The number of H-pyrrole nitrogens is 2. The van der Waals surface area contributed by atoms with Crippen LogP contribution in [0.4, 0.5) is 4.39 Å². The molecule has 0 unspecified atom stereocenters. The molecule has 1 aliphatic heterocycles. The maximum absolute atomic E-state index is 14.0. The Labute approximate surface area is 183 Å². The molecule has 158 valence electrons. The average molecular weight is 424 g/mol. The summed E-state index contributed by atoms with van der Waals surface area (Å²) in [4.78, 5) is 12.5. The molecule has 32 heavy (non-hydrogen) atoms. The number of aryl methyl sites for hydroxylation is 1. The van der Waals surface area contributed by atoms with Gasteiger partial charge in [-0.2, -0.15) is 5.10 Å². The molecule has 6 nitrogen and oxygen atoms in total. The van der Waals surface area contributed by atoms with Crippen molar-refractivity contribution in [2.45, 2.75) is 13.3 Å². The van der Waals surface area contributed by atoms with Crippen LogP contribution in [-0.2, 0) is 0 Å². The van der Waals surface area contributed by atoms with Crippen molar-refractivity contribution in [1.29, 1.82) is 0 Å². The number of hydrogen-bond acceptors (Lipinski definition) is 4. The minimum Gasteiger partial charge on any atom is -0.335 e. The molecule has 0 bridgehead atoms. The fourth-order valence-electron chi connectivity index (χ4n) is 4.43. The summed E-state index contributed by atoms with van der Waals surface area (Å²) in [6, 6.07) is 13.3. The van der Waals surface area contributed by atoms with Crippen molar-refractivity contribution in [3.63, 3.8) is 0 Å². The van der Waals surface area contributed by atoms with Crippen molar-refractivity contribution in [3.05, 3.63) is 71.7 Å². The summed E-state index contributed by atoms with van der Waals surface area (Å²) in [6.07, 6.45) is 4.94. The van der Waals surface area contributed by atoms with Crippen molar-refractivity contribution in [1.82, 2.24) is 30.5 Å². The monoisotopic (exact) mass is 424 g/mol. The first-order valence-electron chi connectivity index (χ1n) is 10.7. The third-order valence-corrected chi connectivity index (χ3v) is 5.97. The molecule has 6 rings (SSSR count). The lowest BCUT2D eigenvalue weighted by Crippen LogP contribution is -2.19. The van der Waals surface area contributed by atoms with Gasteiger partial charge in [-0.15, -0.1) is 0 Å². The summed E-state index contributed by atoms with van der Waals surface area (Å²) >= 11 is 0. The molecule has 0 radical (unpaired) electrons. The Morgan fingerprint density at radius 2 is 1.97 bits per heavy atom. The lowest BCUT2D eigenvalue weighted by Gasteiger charge is -2.14. The predicted octanol–water partition coefficient (Wildman–Crippen LogP) is 4.99. The van der Waals surface area contributed by atoms with Gasteiger partial charge in [0.2, 0.25) is 0 Å². The highest BCUT2D eigenvalue weighted by atomic mass is 19.1. The van der Waals surface area contributed by atoms with Gasteiger partial charge in [-0.05, 0) is 72.5 Å². The zero-order valence-electron chi connectivity index (χ0n) is 17.5. The van der Waals surface area contributed by atoms with Gasteiger partial charge in [0, 0.05) is 23.7 Å². The van der Waals surface area contributed by atoms with Crippen molar-refractivity contribution in [2.75, 3.05) is 13.1 Å². The van der Waals surface area contributed by atoms with Crippen LogP contribution in [0.1, 0.15) is 17.5 Å². The molecule has 3 aromatic heterocycles. The van der Waals surface area contributed by atoms with Crippen molar-refractivity contribution >= 4 is 27.6 Å². The molecule has 0 saturated carbocycles. The smallest absolute Gasteiger partial charge is 0.178 e. The molecular weight excluding hydrogens is 403 g/mol.